The van der Waals surface area contributed by atoms with Crippen LogP contribution in [0.4, 0.5) is 11.4 Å². The molecule has 0 spiro atoms. The fraction of sp³-hybridized carbons (Fsp3) is 0.308. The van der Waals surface area contributed by atoms with E-state index >= 15 is 0 Å². The highest BCUT2D eigenvalue weighted by atomic mass is 14.9. The summed E-state index contributed by atoms with van der Waals surface area (Å²) in [5, 5.41) is 6.66. The number of nitrogens with one attached hydrogen (secondary N) is 3. The van der Waals surface area contributed by atoms with Crippen LogP contribution in [0.25, 0.3) is 77.4 Å². The molecule has 57 heavy (non-hydrogen) atoms. The van der Waals surface area contributed by atoms with Crippen LogP contribution in [0.15, 0.2) is 72.8 Å². The fourth-order valence-electron chi connectivity index (χ4n) is 10.4. The average Bonchev–Trinajstić information content (AvgIpc) is 4.03. The highest BCUT2D eigenvalue weighted by molar-refractivity contribution is 6.19. The molecule has 5 nitrogen and oxygen atoms in total. The van der Waals surface area contributed by atoms with Gasteiger partial charge in [0.15, 0.2) is 0 Å². The molecule has 3 aromatic heterocycles. The maximum Gasteiger partial charge on any atom is 0.0928 e. The molecule has 0 atom stereocenters. The van der Waals surface area contributed by atoms with Crippen LogP contribution in [0.3, 0.4) is 0 Å². The van der Waals surface area contributed by atoms with Crippen LogP contribution >= 0.6 is 0 Å². The van der Waals surface area contributed by atoms with Gasteiger partial charge < -0.3 is 15.3 Å². The lowest BCUT2D eigenvalue weighted by Crippen LogP contribution is -1.99. The van der Waals surface area contributed by atoms with E-state index in [1.54, 1.807) is 0 Å². The van der Waals surface area contributed by atoms with E-state index in [0.29, 0.717) is 0 Å². The Hall–Kier alpha value is -5.68. The highest BCUT2D eigenvalue weighted by Gasteiger charge is 2.27. The molecule has 1 aliphatic carbocycles. The van der Waals surface area contributed by atoms with Crippen molar-refractivity contribution in [3.8, 4) is 22.3 Å². The summed E-state index contributed by atoms with van der Waals surface area (Å²) in [5.74, 6) is 0. The largest absolute Gasteiger partial charge is 0.355 e. The third-order valence-corrected chi connectivity index (χ3v) is 12.9. The third kappa shape index (κ3) is 5.64. The monoisotopic (exact) mass is 749 g/mol. The zero-order valence-electron chi connectivity index (χ0n) is 35.0. The van der Waals surface area contributed by atoms with Gasteiger partial charge >= 0.3 is 0 Å². The summed E-state index contributed by atoms with van der Waals surface area (Å²) in [6.07, 6.45) is 7.37. The molecule has 6 aromatic rings. The van der Waals surface area contributed by atoms with Crippen molar-refractivity contribution in [2.24, 2.45) is 0 Å². The Labute approximate surface area is 337 Å². The van der Waals surface area contributed by atoms with Crippen LogP contribution in [0, 0.1) is 0 Å². The molecule has 0 saturated carbocycles. The van der Waals surface area contributed by atoms with Gasteiger partial charge in [0.2, 0.25) is 0 Å². The molecular weight excluding hydrogens is 695 g/mol. The van der Waals surface area contributed by atoms with Gasteiger partial charge in [-0.2, -0.15) is 0 Å². The molecule has 3 aromatic carbocycles. The second-order valence-corrected chi connectivity index (χ2v) is 15.6. The minimum absolute atomic E-state index is 0.885. The molecule has 0 saturated heterocycles. The number of hydrogen-bond acceptors (Lipinski definition) is 3. The maximum absolute atomic E-state index is 5.69. The van der Waals surface area contributed by atoms with Crippen LogP contribution < -0.4 is 5.32 Å². The molecule has 2 aliphatic heterocycles. The van der Waals surface area contributed by atoms with E-state index in [-0.39, 0.29) is 0 Å². The van der Waals surface area contributed by atoms with E-state index in [0.717, 1.165) is 102 Å². The number of anilines is 2. The smallest absolute Gasteiger partial charge is 0.0928 e. The van der Waals surface area contributed by atoms with E-state index in [2.05, 4.69) is 143 Å². The SMILES string of the molecule is CCC1=C(CC)c2cc3[nH]c(c(CC)c3CC)c(Nc3ccc4c5c(cccc35)-c3ccccc3-4)c3nc(cc4[nH]c(cc1n2)c(CC)c4CC)C(CC)=C3CC. The molecule has 8 bridgehead atoms. The summed E-state index contributed by atoms with van der Waals surface area (Å²) < 4.78 is 0. The first-order valence-electron chi connectivity index (χ1n) is 21.6. The number of aromatic amines is 2. The number of allylic oxidation sites excluding steroid dienone is 4. The van der Waals surface area contributed by atoms with E-state index in [1.807, 2.05) is 0 Å². The van der Waals surface area contributed by atoms with E-state index in [4.69, 9.17) is 9.97 Å². The van der Waals surface area contributed by atoms with Crippen molar-refractivity contribution in [2.45, 2.75) is 107 Å². The molecule has 5 heterocycles. The number of H-pyrrole nitrogens is 2. The minimum Gasteiger partial charge on any atom is -0.355 e. The third-order valence-electron chi connectivity index (χ3n) is 12.9. The summed E-state index contributed by atoms with van der Waals surface area (Å²) in [4.78, 5) is 19.1. The summed E-state index contributed by atoms with van der Waals surface area (Å²) >= 11 is 0. The molecule has 0 fully saturated rings. The molecule has 0 amide bonds. The Balaban J connectivity index is 1.44. The van der Waals surface area contributed by atoms with Crippen molar-refractivity contribution in [1.29, 1.82) is 0 Å². The summed E-state index contributed by atoms with van der Waals surface area (Å²) in [6.45, 7) is 18.3. The van der Waals surface area contributed by atoms with Gasteiger partial charge in [0.25, 0.3) is 0 Å². The van der Waals surface area contributed by atoms with E-state index in [1.165, 1.54) is 83.1 Å². The van der Waals surface area contributed by atoms with Crippen molar-refractivity contribution >= 4 is 66.5 Å². The lowest BCUT2D eigenvalue weighted by atomic mass is 9.97. The Kier molecular flexibility index (Phi) is 9.51. The van der Waals surface area contributed by atoms with Crippen LogP contribution in [0.1, 0.15) is 126 Å². The topological polar surface area (TPSA) is 69.4 Å². The second kappa shape index (κ2) is 14.7. The number of aryl methyl sites for hydroxylation is 4. The zero-order chi connectivity index (χ0) is 39.5. The first-order valence-corrected chi connectivity index (χ1v) is 21.6. The van der Waals surface area contributed by atoms with Gasteiger partial charge in [0.05, 0.1) is 34.0 Å². The lowest BCUT2D eigenvalue weighted by Gasteiger charge is -2.15. The van der Waals surface area contributed by atoms with Gasteiger partial charge in [-0.15, -0.1) is 0 Å². The number of hydrogen-bond donors (Lipinski definition) is 3. The Morgan fingerprint density at radius 2 is 0.947 bits per heavy atom. The van der Waals surface area contributed by atoms with Gasteiger partial charge in [-0.05, 0) is 148 Å². The molecule has 0 unspecified atom stereocenters. The van der Waals surface area contributed by atoms with Crippen LogP contribution in [-0.2, 0) is 25.7 Å². The fourth-order valence-corrected chi connectivity index (χ4v) is 10.4. The molecule has 3 N–H and O–H groups in total. The lowest BCUT2D eigenvalue weighted by molar-refractivity contribution is 1.07. The van der Waals surface area contributed by atoms with Crippen LogP contribution in [0.5, 0.6) is 0 Å². The maximum atomic E-state index is 5.69. The minimum atomic E-state index is 0.885. The van der Waals surface area contributed by atoms with Gasteiger partial charge in [0.1, 0.15) is 0 Å². The summed E-state index contributed by atoms with van der Waals surface area (Å²) in [7, 11) is 0. The summed E-state index contributed by atoms with van der Waals surface area (Å²) in [6, 6.07) is 27.2. The number of rotatable bonds is 10. The van der Waals surface area contributed by atoms with Gasteiger partial charge in [0, 0.05) is 27.6 Å². The quantitative estimate of drug-likeness (QED) is 0.130. The first kappa shape index (κ1) is 36.9. The zero-order valence-corrected chi connectivity index (χ0v) is 35.0. The van der Waals surface area contributed by atoms with Crippen LogP contribution in [0.2, 0.25) is 0 Å². The van der Waals surface area contributed by atoms with Gasteiger partial charge in [-0.1, -0.05) is 104 Å². The van der Waals surface area contributed by atoms with Crippen molar-refractivity contribution in [2.75, 3.05) is 5.32 Å². The highest BCUT2D eigenvalue weighted by Crippen LogP contribution is 2.50. The van der Waals surface area contributed by atoms with Gasteiger partial charge in [-0.25, -0.2) is 9.97 Å². The van der Waals surface area contributed by atoms with Gasteiger partial charge in [-0.3, -0.25) is 0 Å². The molecule has 0 radical (unpaired) electrons. The molecule has 3 aliphatic rings. The van der Waals surface area contributed by atoms with Crippen molar-refractivity contribution in [3.63, 3.8) is 0 Å². The number of benzene rings is 3. The average molecular weight is 750 g/mol. The Morgan fingerprint density at radius 1 is 0.456 bits per heavy atom. The first-order chi connectivity index (χ1) is 27.9. The number of aromatic nitrogens is 4. The van der Waals surface area contributed by atoms with Crippen molar-refractivity contribution in [1.82, 2.24) is 19.9 Å². The Morgan fingerprint density at radius 3 is 1.51 bits per heavy atom. The molecular formula is C52H55N5. The van der Waals surface area contributed by atoms with E-state index in [9.17, 15) is 0 Å². The Bertz CT molecular complexity index is 2830. The van der Waals surface area contributed by atoms with Crippen molar-refractivity contribution < 1.29 is 0 Å². The number of fused-ring (bicyclic) bond motifs is 11. The second-order valence-electron chi connectivity index (χ2n) is 15.6. The van der Waals surface area contributed by atoms with E-state index < -0.39 is 0 Å². The standard InChI is InChI=1S/C52H55N5/c1-9-29-31(11-3)45-27-47-33(13-5)35(15-7)50(56-47)52(55-42-25-24-40-38-21-18-17-20-37(38)39-22-19-23-41(42)49(39)40)51-36(16-8)34(14-6)48(57-51)28-46-32(12-4)30(10-2)44(54-46)26-43(29)53-45/h17-28,53,55,57H,9-16H2,1-8H3. The number of nitrogens with zero attached hydrogens (tertiary/aromatic N) is 2. The normalized spacial score (nSPS) is 13.3. The summed E-state index contributed by atoms with van der Waals surface area (Å²) in [5.41, 5.74) is 26.9. The molecule has 5 heteroatoms. The van der Waals surface area contributed by atoms with Crippen molar-refractivity contribution in [3.05, 3.63) is 118 Å². The predicted octanol–water partition coefficient (Wildman–Crippen LogP) is 14.6. The molecule has 9 rings (SSSR count). The van der Waals surface area contributed by atoms with Crippen LogP contribution in [-0.4, -0.2) is 19.9 Å². The molecule has 288 valence electrons. The predicted molar refractivity (Wildman–Crippen MR) is 245 cm³/mol.